The van der Waals surface area contributed by atoms with Crippen LogP contribution in [0.2, 0.25) is 0 Å². The van der Waals surface area contributed by atoms with Gasteiger partial charge in [0.15, 0.2) is 0 Å². The third-order valence-electron chi connectivity index (χ3n) is 8.66. The van der Waals surface area contributed by atoms with E-state index in [1.807, 2.05) is 109 Å². The first-order chi connectivity index (χ1) is 23.9. The lowest BCUT2D eigenvalue weighted by Crippen LogP contribution is -2.42. The molecule has 4 atom stereocenters. The predicted octanol–water partition coefficient (Wildman–Crippen LogP) is 9.17. The molecule has 0 bridgehead atoms. The first-order valence-corrected chi connectivity index (χ1v) is 16.9. The second-order valence-corrected chi connectivity index (χ2v) is 12.8. The fourth-order valence-electron chi connectivity index (χ4n) is 6.12. The number of amides is 2. The number of benzene rings is 5. The number of halogens is 2. The molecule has 49 heavy (non-hydrogen) atoms. The van der Waals surface area contributed by atoms with Crippen LogP contribution in [-0.2, 0) is 16.1 Å². The van der Waals surface area contributed by atoms with E-state index in [0.717, 1.165) is 21.3 Å². The second kappa shape index (κ2) is 15.9. The highest BCUT2D eigenvalue weighted by Crippen LogP contribution is 2.41. The summed E-state index contributed by atoms with van der Waals surface area (Å²) >= 11 is 3.58. The van der Waals surface area contributed by atoms with Crippen molar-refractivity contribution < 1.29 is 28.6 Å². The van der Waals surface area contributed by atoms with Crippen molar-refractivity contribution in [3.63, 3.8) is 0 Å². The molecule has 250 valence electrons. The number of ether oxygens (including phenoxy) is 2. The van der Waals surface area contributed by atoms with E-state index in [1.165, 1.54) is 29.2 Å². The first kappa shape index (κ1) is 33.9. The van der Waals surface area contributed by atoms with Crippen LogP contribution in [0.25, 0.3) is 0 Å². The van der Waals surface area contributed by atoms with Crippen LogP contribution < -0.4 is 10.1 Å². The molecule has 0 aromatic heterocycles. The number of hydrogen-bond donors (Lipinski definition) is 2. The topological polar surface area (TPSA) is 88.1 Å². The van der Waals surface area contributed by atoms with Gasteiger partial charge in [-0.2, -0.15) is 0 Å². The van der Waals surface area contributed by atoms with Crippen LogP contribution in [0.4, 0.5) is 14.9 Å². The average molecular weight is 724 g/mol. The molecule has 5 aromatic carbocycles. The highest BCUT2D eigenvalue weighted by atomic mass is 79.9. The Morgan fingerprint density at radius 2 is 1.55 bits per heavy atom. The first-order valence-electron chi connectivity index (χ1n) is 16.1. The van der Waals surface area contributed by atoms with Crippen LogP contribution >= 0.6 is 15.9 Å². The summed E-state index contributed by atoms with van der Waals surface area (Å²) in [6.07, 6.45) is -1.38. The van der Waals surface area contributed by atoms with Crippen LogP contribution in [0, 0.1) is 11.7 Å². The fraction of sp³-hybridized carbons (Fsp3) is 0.200. The number of carbonyl (C=O) groups is 2. The molecule has 1 aliphatic rings. The lowest BCUT2D eigenvalue weighted by molar-refractivity contribution is -0.134. The second-order valence-electron chi connectivity index (χ2n) is 11.9. The fourth-order valence-corrected chi connectivity index (χ4v) is 6.46. The molecule has 5 aromatic rings. The number of hydrogen-bond acceptors (Lipinski definition) is 6. The molecule has 2 N–H and O–H groups in total. The van der Waals surface area contributed by atoms with E-state index in [0.29, 0.717) is 23.5 Å². The Morgan fingerprint density at radius 1 is 0.898 bits per heavy atom. The maximum Gasteiger partial charge on any atom is 0.417 e. The average Bonchev–Trinajstić information content (AvgIpc) is 3.53. The summed E-state index contributed by atoms with van der Waals surface area (Å²) in [5, 5.41) is 14.8. The molecule has 1 aliphatic heterocycles. The highest BCUT2D eigenvalue weighted by Gasteiger charge is 2.44. The van der Waals surface area contributed by atoms with Gasteiger partial charge in [0, 0.05) is 15.7 Å². The van der Waals surface area contributed by atoms with Crippen molar-refractivity contribution >= 4 is 33.6 Å². The molecular weight excluding hydrogens is 687 g/mol. The summed E-state index contributed by atoms with van der Waals surface area (Å²) < 4.78 is 26.4. The minimum atomic E-state index is -0.984. The van der Waals surface area contributed by atoms with Crippen molar-refractivity contribution in [2.24, 2.45) is 5.92 Å². The Morgan fingerprint density at radius 3 is 2.24 bits per heavy atom. The van der Waals surface area contributed by atoms with E-state index in [1.54, 1.807) is 0 Å². The number of rotatable bonds is 13. The SMILES string of the molecule is O=C1OCC(c2ccccc2)N1C(=O)C(CCC(O)c1ccc(F)cc1)C(Nc1ccccc1)c1ccc(Br)cc1OCc1ccccc1. The van der Waals surface area contributed by atoms with Gasteiger partial charge in [0.1, 0.15) is 30.8 Å². The molecule has 6 rings (SSSR count). The number of aliphatic hydroxyl groups excluding tert-OH is 1. The van der Waals surface area contributed by atoms with Gasteiger partial charge in [0.2, 0.25) is 5.91 Å². The van der Waals surface area contributed by atoms with Gasteiger partial charge >= 0.3 is 6.09 Å². The monoisotopic (exact) mass is 722 g/mol. The number of anilines is 1. The Labute approximate surface area is 293 Å². The number of para-hydroxylation sites is 1. The summed E-state index contributed by atoms with van der Waals surface area (Å²) in [6, 6.07) is 38.6. The van der Waals surface area contributed by atoms with E-state index in [2.05, 4.69) is 21.2 Å². The van der Waals surface area contributed by atoms with E-state index in [4.69, 9.17) is 9.47 Å². The molecule has 9 heteroatoms. The maximum absolute atomic E-state index is 14.9. The van der Waals surface area contributed by atoms with Gasteiger partial charge in [-0.05, 0) is 65.9 Å². The third-order valence-corrected chi connectivity index (χ3v) is 9.16. The minimum Gasteiger partial charge on any atom is -0.489 e. The molecule has 0 spiro atoms. The summed E-state index contributed by atoms with van der Waals surface area (Å²) in [5.41, 5.74) is 3.72. The normalized spacial score (nSPS) is 16.0. The molecule has 2 amide bonds. The molecule has 1 heterocycles. The lowest BCUT2D eigenvalue weighted by Gasteiger charge is -2.33. The Kier molecular flexibility index (Phi) is 11.0. The molecule has 1 saturated heterocycles. The Bertz CT molecular complexity index is 1840. The summed E-state index contributed by atoms with van der Waals surface area (Å²) in [6.45, 7) is 0.318. The van der Waals surface area contributed by atoms with Crippen LogP contribution in [0.1, 0.15) is 53.3 Å². The van der Waals surface area contributed by atoms with Gasteiger partial charge in [-0.3, -0.25) is 4.79 Å². The number of carbonyl (C=O) groups excluding carboxylic acids is 2. The molecule has 0 saturated carbocycles. The van der Waals surface area contributed by atoms with E-state index < -0.39 is 41.9 Å². The van der Waals surface area contributed by atoms with Gasteiger partial charge in [-0.25, -0.2) is 14.1 Å². The van der Waals surface area contributed by atoms with Crippen LogP contribution in [0.5, 0.6) is 5.75 Å². The summed E-state index contributed by atoms with van der Waals surface area (Å²) in [7, 11) is 0. The largest absolute Gasteiger partial charge is 0.489 e. The molecule has 0 aliphatic carbocycles. The van der Waals surface area contributed by atoms with Gasteiger partial charge < -0.3 is 19.9 Å². The molecular formula is C40H36BrFN2O5. The van der Waals surface area contributed by atoms with Crippen molar-refractivity contribution in [3.05, 3.63) is 166 Å². The molecule has 0 radical (unpaired) electrons. The summed E-state index contributed by atoms with van der Waals surface area (Å²) in [4.78, 5) is 29.4. The number of aliphatic hydroxyl groups is 1. The molecule has 7 nitrogen and oxygen atoms in total. The quantitative estimate of drug-likeness (QED) is 0.126. The number of imide groups is 1. The minimum absolute atomic E-state index is 0.0278. The number of nitrogens with zero attached hydrogens (tertiary/aromatic N) is 1. The summed E-state index contributed by atoms with van der Waals surface area (Å²) in [5.74, 6) is -1.19. The highest BCUT2D eigenvalue weighted by molar-refractivity contribution is 9.10. The zero-order valence-electron chi connectivity index (χ0n) is 26.6. The Balaban J connectivity index is 1.42. The zero-order chi connectivity index (χ0) is 34.2. The van der Waals surface area contributed by atoms with Crippen LogP contribution in [0.3, 0.4) is 0 Å². The van der Waals surface area contributed by atoms with E-state index >= 15 is 0 Å². The van der Waals surface area contributed by atoms with Gasteiger partial charge in [0.25, 0.3) is 0 Å². The van der Waals surface area contributed by atoms with Crippen LogP contribution in [-0.4, -0.2) is 28.6 Å². The molecule has 4 unspecified atom stereocenters. The van der Waals surface area contributed by atoms with Crippen molar-refractivity contribution in [2.75, 3.05) is 11.9 Å². The van der Waals surface area contributed by atoms with E-state index in [9.17, 15) is 19.1 Å². The molecule has 1 fully saturated rings. The number of nitrogens with one attached hydrogen (secondary N) is 1. The number of cyclic esters (lactones) is 1. The standard InChI is InChI=1S/C40H36BrFN2O5/c41-30-18-21-33(37(24-30)48-25-27-10-4-1-5-11-27)38(43-32-14-8-3-9-15-32)34(22-23-36(45)29-16-19-31(42)20-17-29)39(46)44-35(26-49-40(44)47)28-12-6-2-7-13-28/h1-21,24,34-36,38,43,45H,22-23,25-26H2. The van der Waals surface area contributed by atoms with Gasteiger partial charge in [-0.15, -0.1) is 0 Å². The van der Waals surface area contributed by atoms with Crippen molar-refractivity contribution in [3.8, 4) is 5.75 Å². The van der Waals surface area contributed by atoms with Crippen molar-refractivity contribution in [2.45, 2.75) is 37.6 Å². The predicted molar refractivity (Wildman–Crippen MR) is 189 cm³/mol. The van der Waals surface area contributed by atoms with Crippen LogP contribution in [0.15, 0.2) is 138 Å². The van der Waals surface area contributed by atoms with E-state index in [-0.39, 0.29) is 19.4 Å². The van der Waals surface area contributed by atoms with Gasteiger partial charge in [-0.1, -0.05) is 113 Å². The Hall–Kier alpha value is -4.99. The zero-order valence-corrected chi connectivity index (χ0v) is 28.2. The third kappa shape index (κ3) is 8.36. The van der Waals surface area contributed by atoms with Crippen molar-refractivity contribution in [1.82, 2.24) is 4.90 Å². The van der Waals surface area contributed by atoms with Gasteiger partial charge in [0.05, 0.1) is 18.1 Å². The lowest BCUT2D eigenvalue weighted by atomic mass is 9.85. The smallest absolute Gasteiger partial charge is 0.417 e. The maximum atomic E-state index is 14.9. The van der Waals surface area contributed by atoms with Crippen molar-refractivity contribution in [1.29, 1.82) is 0 Å².